The van der Waals surface area contributed by atoms with E-state index >= 15 is 0 Å². The number of rotatable bonds is 3. The van der Waals surface area contributed by atoms with E-state index in [1.54, 1.807) is 0 Å². The second-order valence-electron chi connectivity index (χ2n) is 5.64. The third kappa shape index (κ3) is 2.54. The fourth-order valence-electron chi connectivity index (χ4n) is 2.98. The number of hydrogen-bond acceptors (Lipinski definition) is 2. The van der Waals surface area contributed by atoms with Crippen LogP contribution >= 0.6 is 22.6 Å². The standard InChI is InChI=1S/C19H13IN2O2/c20-13-7-4-11(5-8-13)18(23)21-10-12-6-9-16-17-14(12)2-1-3-15(17)19(24)22-16/h1-9H,10H2,(H,21,23)(H,22,24). The highest BCUT2D eigenvalue weighted by molar-refractivity contribution is 14.1. The number of anilines is 1. The van der Waals surface area contributed by atoms with E-state index in [0.717, 1.165) is 25.6 Å². The monoisotopic (exact) mass is 428 g/mol. The van der Waals surface area contributed by atoms with Crippen molar-refractivity contribution in [2.24, 2.45) is 0 Å². The summed E-state index contributed by atoms with van der Waals surface area (Å²) < 4.78 is 1.09. The Hall–Kier alpha value is -2.41. The lowest BCUT2D eigenvalue weighted by Crippen LogP contribution is -2.22. The zero-order valence-corrected chi connectivity index (χ0v) is 14.8. The maximum Gasteiger partial charge on any atom is 0.256 e. The van der Waals surface area contributed by atoms with E-state index in [1.165, 1.54) is 0 Å². The zero-order chi connectivity index (χ0) is 16.7. The third-order valence-electron chi connectivity index (χ3n) is 4.17. The Bertz CT molecular complexity index is 981. The summed E-state index contributed by atoms with van der Waals surface area (Å²) in [5, 5.41) is 7.74. The van der Waals surface area contributed by atoms with Crippen molar-refractivity contribution in [3.05, 3.63) is 74.9 Å². The molecule has 0 aromatic heterocycles. The van der Waals surface area contributed by atoms with Gasteiger partial charge in [0, 0.05) is 32.3 Å². The first-order valence-corrected chi connectivity index (χ1v) is 8.61. The Morgan fingerprint density at radius 3 is 2.62 bits per heavy atom. The zero-order valence-electron chi connectivity index (χ0n) is 12.6. The van der Waals surface area contributed by atoms with Crippen molar-refractivity contribution in [3.8, 4) is 0 Å². The fourth-order valence-corrected chi connectivity index (χ4v) is 3.34. The molecule has 24 heavy (non-hydrogen) atoms. The van der Waals surface area contributed by atoms with Crippen LogP contribution in [0.2, 0.25) is 0 Å². The van der Waals surface area contributed by atoms with Crippen LogP contribution in [0.25, 0.3) is 10.8 Å². The number of carbonyl (C=O) groups is 2. The maximum absolute atomic E-state index is 12.3. The van der Waals surface area contributed by atoms with Gasteiger partial charge in [-0.1, -0.05) is 18.2 Å². The number of benzene rings is 3. The van der Waals surface area contributed by atoms with Gasteiger partial charge in [0.1, 0.15) is 0 Å². The van der Waals surface area contributed by atoms with E-state index in [2.05, 4.69) is 33.2 Å². The van der Waals surface area contributed by atoms with Gasteiger partial charge in [-0.2, -0.15) is 0 Å². The number of amides is 2. The van der Waals surface area contributed by atoms with E-state index in [0.29, 0.717) is 17.7 Å². The van der Waals surface area contributed by atoms with Gasteiger partial charge in [0.05, 0.1) is 0 Å². The van der Waals surface area contributed by atoms with Crippen LogP contribution < -0.4 is 10.6 Å². The van der Waals surface area contributed by atoms with Crippen LogP contribution in [0.1, 0.15) is 26.3 Å². The van der Waals surface area contributed by atoms with Crippen molar-refractivity contribution in [1.29, 1.82) is 0 Å². The van der Waals surface area contributed by atoms with Gasteiger partial charge >= 0.3 is 0 Å². The predicted molar refractivity (Wildman–Crippen MR) is 102 cm³/mol. The Labute approximate surface area is 152 Å². The van der Waals surface area contributed by atoms with Gasteiger partial charge in [-0.25, -0.2) is 0 Å². The van der Waals surface area contributed by atoms with Crippen molar-refractivity contribution in [2.75, 3.05) is 5.32 Å². The molecule has 0 saturated heterocycles. The molecule has 2 amide bonds. The highest BCUT2D eigenvalue weighted by Crippen LogP contribution is 2.34. The minimum Gasteiger partial charge on any atom is -0.348 e. The highest BCUT2D eigenvalue weighted by Gasteiger charge is 2.22. The van der Waals surface area contributed by atoms with E-state index in [1.807, 2.05) is 54.6 Å². The Morgan fingerprint density at radius 2 is 1.83 bits per heavy atom. The van der Waals surface area contributed by atoms with E-state index in [4.69, 9.17) is 0 Å². The van der Waals surface area contributed by atoms with Crippen molar-refractivity contribution in [2.45, 2.75) is 6.54 Å². The fraction of sp³-hybridized carbons (Fsp3) is 0.0526. The molecule has 5 heteroatoms. The second kappa shape index (κ2) is 5.90. The molecule has 2 N–H and O–H groups in total. The van der Waals surface area contributed by atoms with Crippen molar-refractivity contribution < 1.29 is 9.59 Å². The van der Waals surface area contributed by atoms with Crippen LogP contribution in [0, 0.1) is 3.57 Å². The molecule has 3 aromatic carbocycles. The van der Waals surface area contributed by atoms with Crippen LogP contribution in [-0.4, -0.2) is 11.8 Å². The summed E-state index contributed by atoms with van der Waals surface area (Å²) in [6.45, 7) is 0.416. The van der Waals surface area contributed by atoms with Gasteiger partial charge in [-0.3, -0.25) is 9.59 Å². The topological polar surface area (TPSA) is 58.2 Å². The summed E-state index contributed by atoms with van der Waals surface area (Å²) in [6.07, 6.45) is 0. The average Bonchev–Trinajstić information content (AvgIpc) is 2.92. The Morgan fingerprint density at radius 1 is 1.04 bits per heavy atom. The minimum atomic E-state index is -0.108. The molecule has 0 aliphatic carbocycles. The van der Waals surface area contributed by atoms with E-state index in [9.17, 15) is 9.59 Å². The lowest BCUT2D eigenvalue weighted by molar-refractivity contribution is 0.0950. The van der Waals surface area contributed by atoms with Gasteiger partial charge in [0.15, 0.2) is 0 Å². The second-order valence-corrected chi connectivity index (χ2v) is 6.89. The Kier molecular flexibility index (Phi) is 3.72. The predicted octanol–water partition coefficient (Wildman–Crippen LogP) is 3.94. The molecule has 4 nitrogen and oxygen atoms in total. The first kappa shape index (κ1) is 15.1. The van der Waals surface area contributed by atoms with Gasteiger partial charge in [0.2, 0.25) is 0 Å². The van der Waals surface area contributed by atoms with Gasteiger partial charge in [-0.05, 0) is 69.9 Å². The molecule has 0 radical (unpaired) electrons. The number of hydrogen-bond donors (Lipinski definition) is 2. The molecule has 0 bridgehead atoms. The third-order valence-corrected chi connectivity index (χ3v) is 4.89. The summed E-state index contributed by atoms with van der Waals surface area (Å²) >= 11 is 2.21. The van der Waals surface area contributed by atoms with E-state index < -0.39 is 0 Å². The quantitative estimate of drug-likeness (QED) is 0.621. The number of nitrogens with one attached hydrogen (secondary N) is 2. The molecule has 0 saturated carbocycles. The molecule has 1 heterocycles. The summed E-state index contributed by atoms with van der Waals surface area (Å²) in [7, 11) is 0. The van der Waals surface area contributed by atoms with Crippen LogP contribution in [0.15, 0.2) is 54.6 Å². The summed E-state index contributed by atoms with van der Waals surface area (Å²) in [6, 6.07) is 17.0. The summed E-state index contributed by atoms with van der Waals surface area (Å²) in [4.78, 5) is 24.2. The molecule has 118 valence electrons. The SMILES string of the molecule is O=C(NCc1ccc2c3c(cccc13)C(=O)N2)c1ccc(I)cc1. The molecular weight excluding hydrogens is 415 g/mol. The lowest BCUT2D eigenvalue weighted by Gasteiger charge is -2.10. The largest absolute Gasteiger partial charge is 0.348 e. The minimum absolute atomic E-state index is 0.0734. The molecule has 0 fully saturated rings. The molecule has 0 unspecified atom stereocenters. The molecule has 1 aliphatic heterocycles. The average molecular weight is 428 g/mol. The molecular formula is C19H13IN2O2. The molecule has 4 rings (SSSR count). The molecule has 0 spiro atoms. The van der Waals surface area contributed by atoms with Gasteiger partial charge in [0.25, 0.3) is 11.8 Å². The van der Waals surface area contributed by atoms with Crippen LogP contribution in [0.5, 0.6) is 0 Å². The maximum atomic E-state index is 12.3. The summed E-state index contributed by atoms with van der Waals surface area (Å²) in [5.74, 6) is -0.181. The molecule has 0 atom stereocenters. The highest BCUT2D eigenvalue weighted by atomic mass is 127. The van der Waals surface area contributed by atoms with Crippen LogP contribution in [0.3, 0.4) is 0 Å². The van der Waals surface area contributed by atoms with E-state index in [-0.39, 0.29) is 11.8 Å². The summed E-state index contributed by atoms with van der Waals surface area (Å²) in [5.41, 5.74) is 3.15. The van der Waals surface area contributed by atoms with Crippen molar-refractivity contribution >= 4 is 50.9 Å². The van der Waals surface area contributed by atoms with Crippen molar-refractivity contribution in [3.63, 3.8) is 0 Å². The number of halogens is 1. The first-order chi connectivity index (χ1) is 11.6. The van der Waals surface area contributed by atoms with Crippen LogP contribution in [-0.2, 0) is 6.54 Å². The molecule has 1 aliphatic rings. The van der Waals surface area contributed by atoms with Gasteiger partial charge < -0.3 is 10.6 Å². The Balaban J connectivity index is 1.62. The first-order valence-electron chi connectivity index (χ1n) is 7.53. The normalized spacial score (nSPS) is 12.3. The van der Waals surface area contributed by atoms with Gasteiger partial charge in [-0.15, -0.1) is 0 Å². The van der Waals surface area contributed by atoms with Crippen molar-refractivity contribution in [1.82, 2.24) is 5.32 Å². The number of carbonyl (C=O) groups excluding carboxylic acids is 2. The lowest BCUT2D eigenvalue weighted by atomic mass is 10.0. The molecule has 3 aromatic rings. The van der Waals surface area contributed by atoms with Crippen LogP contribution in [0.4, 0.5) is 5.69 Å². The smallest absolute Gasteiger partial charge is 0.256 e.